The minimum absolute atomic E-state index is 0.0884. The molecule has 0 fully saturated rings. The van der Waals surface area contributed by atoms with Crippen molar-refractivity contribution in [3.8, 4) is 0 Å². The molecule has 0 saturated carbocycles. The lowest BCUT2D eigenvalue weighted by Crippen LogP contribution is -2.13. The molecule has 0 saturated heterocycles. The van der Waals surface area contributed by atoms with Gasteiger partial charge in [0.05, 0.1) is 12.3 Å². The van der Waals surface area contributed by atoms with Crippen LogP contribution in [0.15, 0.2) is 35.2 Å². The summed E-state index contributed by atoms with van der Waals surface area (Å²) >= 11 is 1.34. The Morgan fingerprint density at radius 1 is 1.27 bits per heavy atom. The summed E-state index contributed by atoms with van der Waals surface area (Å²) in [4.78, 5) is 25.0. The molecule has 1 aromatic carbocycles. The molecule has 1 aliphatic rings. The number of nitrogens with zero attached hydrogens (tertiary/aromatic N) is 1. The quantitative estimate of drug-likeness (QED) is 0.623. The maximum Gasteiger partial charge on any atom is 0.393 e. The number of ketones is 1. The van der Waals surface area contributed by atoms with Gasteiger partial charge in [0.15, 0.2) is 0 Å². The van der Waals surface area contributed by atoms with Crippen LogP contribution in [-0.4, -0.2) is 33.9 Å². The van der Waals surface area contributed by atoms with E-state index in [0.29, 0.717) is 29.2 Å². The lowest BCUT2D eigenvalue weighted by atomic mass is 10.0. The first-order valence-corrected chi connectivity index (χ1v) is 9.14. The van der Waals surface area contributed by atoms with Gasteiger partial charge in [-0.15, -0.1) is 11.8 Å². The van der Waals surface area contributed by atoms with Gasteiger partial charge in [-0.25, -0.2) is 0 Å². The fourth-order valence-corrected chi connectivity index (χ4v) is 3.90. The topological polar surface area (TPSA) is 59.3 Å². The van der Waals surface area contributed by atoms with Gasteiger partial charge < -0.3 is 9.67 Å². The minimum atomic E-state index is -4.30. The molecule has 0 spiro atoms. The number of carbonyl (C=O) groups is 2. The van der Waals surface area contributed by atoms with Crippen LogP contribution >= 0.6 is 11.8 Å². The summed E-state index contributed by atoms with van der Waals surface area (Å²) in [6.07, 6.45) is -3.13. The van der Waals surface area contributed by atoms with Gasteiger partial charge in [-0.2, -0.15) is 13.2 Å². The van der Waals surface area contributed by atoms with Crippen LogP contribution in [0.3, 0.4) is 0 Å². The van der Waals surface area contributed by atoms with Crippen LogP contribution in [0.5, 0.6) is 0 Å². The Kier molecular flexibility index (Phi) is 4.88. The summed E-state index contributed by atoms with van der Waals surface area (Å²) in [5, 5.41) is 9.31. The van der Waals surface area contributed by atoms with Gasteiger partial charge in [0.2, 0.25) is 5.78 Å². The predicted molar refractivity (Wildman–Crippen MR) is 90.8 cm³/mol. The van der Waals surface area contributed by atoms with Gasteiger partial charge in [0, 0.05) is 22.7 Å². The van der Waals surface area contributed by atoms with Crippen molar-refractivity contribution in [1.29, 1.82) is 0 Å². The normalized spacial score (nSPS) is 16.5. The summed E-state index contributed by atoms with van der Waals surface area (Å²) in [6, 6.07) is 7.09. The van der Waals surface area contributed by atoms with E-state index in [1.54, 1.807) is 16.9 Å². The fourth-order valence-electron chi connectivity index (χ4n) is 3.26. The molecule has 1 aliphatic heterocycles. The third-order valence-electron chi connectivity index (χ3n) is 4.45. The zero-order valence-corrected chi connectivity index (χ0v) is 14.7. The van der Waals surface area contributed by atoms with E-state index >= 15 is 0 Å². The molecule has 138 valence electrons. The Morgan fingerprint density at radius 2 is 1.92 bits per heavy atom. The number of aromatic nitrogens is 1. The number of rotatable bonds is 5. The average molecular weight is 383 g/mol. The summed E-state index contributed by atoms with van der Waals surface area (Å²) < 4.78 is 39.1. The number of carboxylic acid groups (broad SMARTS) is 1. The summed E-state index contributed by atoms with van der Waals surface area (Å²) in [6.45, 7) is 0.431. The van der Waals surface area contributed by atoms with Crippen LogP contribution in [-0.2, 0) is 17.8 Å². The molecule has 3 rings (SSSR count). The van der Waals surface area contributed by atoms with Crippen molar-refractivity contribution in [2.45, 2.75) is 36.4 Å². The molecule has 8 heteroatoms. The van der Waals surface area contributed by atoms with Crippen LogP contribution in [0.4, 0.5) is 13.2 Å². The Hall–Kier alpha value is -2.22. The number of hydrogen-bond donors (Lipinski definition) is 1. The molecule has 1 N–H and O–H groups in total. The van der Waals surface area contributed by atoms with E-state index in [0.717, 1.165) is 0 Å². The molecule has 4 nitrogen and oxygen atoms in total. The van der Waals surface area contributed by atoms with Gasteiger partial charge >= 0.3 is 12.1 Å². The van der Waals surface area contributed by atoms with Crippen molar-refractivity contribution in [3.63, 3.8) is 0 Å². The monoisotopic (exact) mass is 383 g/mol. The molecule has 0 radical (unpaired) electrons. The average Bonchev–Trinajstić information content (AvgIpc) is 3.11. The first-order chi connectivity index (χ1) is 12.2. The Morgan fingerprint density at radius 3 is 2.46 bits per heavy atom. The van der Waals surface area contributed by atoms with Crippen LogP contribution in [0.25, 0.3) is 0 Å². The highest BCUT2D eigenvalue weighted by atomic mass is 32.2. The van der Waals surface area contributed by atoms with Crippen molar-refractivity contribution in [2.75, 3.05) is 6.26 Å². The molecular formula is C18H16F3NO3S. The number of aliphatic carboxylic acids is 1. The van der Waals surface area contributed by atoms with Crippen LogP contribution in [0, 0.1) is 0 Å². The van der Waals surface area contributed by atoms with Crippen LogP contribution in [0.1, 0.15) is 39.6 Å². The van der Waals surface area contributed by atoms with Crippen molar-refractivity contribution in [3.05, 3.63) is 52.8 Å². The van der Waals surface area contributed by atoms with E-state index in [1.165, 1.54) is 36.0 Å². The van der Waals surface area contributed by atoms with E-state index in [9.17, 15) is 27.9 Å². The standard InChI is InChI=1S/C18H16F3NO3S/c1-26-14-8-13-12(17(24)25)6-7-22(13)15(14)16(23)11-4-2-10(3-5-11)9-18(19,20)21/h2-5,8,12H,6-7,9H2,1H3,(H,24,25). The summed E-state index contributed by atoms with van der Waals surface area (Å²) in [5.41, 5.74) is 1.37. The largest absolute Gasteiger partial charge is 0.481 e. The maximum atomic E-state index is 12.9. The van der Waals surface area contributed by atoms with E-state index in [-0.39, 0.29) is 16.9 Å². The molecule has 0 amide bonds. The zero-order chi connectivity index (χ0) is 19.1. The molecule has 1 unspecified atom stereocenters. The second-order valence-corrected chi connectivity index (χ2v) is 6.98. The molecule has 0 aliphatic carbocycles. The van der Waals surface area contributed by atoms with E-state index in [2.05, 4.69) is 0 Å². The smallest absolute Gasteiger partial charge is 0.393 e. The van der Waals surface area contributed by atoms with Crippen molar-refractivity contribution < 1.29 is 27.9 Å². The van der Waals surface area contributed by atoms with Gasteiger partial charge in [0.1, 0.15) is 5.69 Å². The number of hydrogen-bond acceptors (Lipinski definition) is 3. The van der Waals surface area contributed by atoms with Crippen molar-refractivity contribution in [2.24, 2.45) is 0 Å². The lowest BCUT2D eigenvalue weighted by Gasteiger charge is -2.09. The maximum absolute atomic E-state index is 12.9. The highest BCUT2D eigenvalue weighted by Crippen LogP contribution is 2.37. The number of carboxylic acids is 1. The van der Waals surface area contributed by atoms with E-state index < -0.39 is 24.5 Å². The molecule has 26 heavy (non-hydrogen) atoms. The molecular weight excluding hydrogens is 367 g/mol. The van der Waals surface area contributed by atoms with E-state index in [1.807, 2.05) is 0 Å². The predicted octanol–water partition coefficient (Wildman–Crippen LogP) is 4.12. The molecule has 2 heterocycles. The Labute approximate surface area is 152 Å². The van der Waals surface area contributed by atoms with Gasteiger partial charge in [-0.05, 0) is 24.3 Å². The first kappa shape index (κ1) is 18.6. The van der Waals surface area contributed by atoms with Crippen molar-refractivity contribution in [1.82, 2.24) is 4.57 Å². The van der Waals surface area contributed by atoms with E-state index in [4.69, 9.17) is 0 Å². The Balaban J connectivity index is 1.93. The number of carbonyl (C=O) groups excluding carboxylic acids is 1. The van der Waals surface area contributed by atoms with Crippen molar-refractivity contribution >= 4 is 23.5 Å². The third-order valence-corrected chi connectivity index (χ3v) is 5.20. The number of benzene rings is 1. The minimum Gasteiger partial charge on any atom is -0.481 e. The van der Waals surface area contributed by atoms with Crippen LogP contribution < -0.4 is 0 Å². The Bertz CT molecular complexity index is 856. The second kappa shape index (κ2) is 6.83. The first-order valence-electron chi connectivity index (χ1n) is 7.92. The third kappa shape index (κ3) is 3.51. The molecule has 1 atom stereocenters. The number of fused-ring (bicyclic) bond motifs is 1. The highest BCUT2D eigenvalue weighted by Gasteiger charge is 2.34. The molecule has 2 aromatic rings. The van der Waals surface area contributed by atoms with Crippen LogP contribution in [0.2, 0.25) is 0 Å². The number of thioether (sulfide) groups is 1. The lowest BCUT2D eigenvalue weighted by molar-refractivity contribution is -0.138. The highest BCUT2D eigenvalue weighted by molar-refractivity contribution is 7.98. The van der Waals surface area contributed by atoms with Gasteiger partial charge in [0.25, 0.3) is 0 Å². The number of alkyl halides is 3. The second-order valence-electron chi connectivity index (χ2n) is 6.14. The number of halogens is 3. The SMILES string of the molecule is CSc1cc2n(c1C(=O)c1ccc(CC(F)(F)F)cc1)CCC2C(=O)O. The fraction of sp³-hybridized carbons (Fsp3) is 0.333. The van der Waals surface area contributed by atoms with Gasteiger partial charge in [-0.1, -0.05) is 24.3 Å². The van der Waals surface area contributed by atoms with Gasteiger partial charge in [-0.3, -0.25) is 9.59 Å². The molecule has 0 bridgehead atoms. The molecule has 1 aromatic heterocycles. The summed E-state index contributed by atoms with van der Waals surface area (Å²) in [7, 11) is 0. The summed E-state index contributed by atoms with van der Waals surface area (Å²) in [5.74, 6) is -1.88. The zero-order valence-electron chi connectivity index (χ0n) is 13.8.